The molecule has 0 atom stereocenters. The van der Waals surface area contributed by atoms with Crippen molar-refractivity contribution >= 4 is 17.8 Å². The molecule has 164 valence electrons. The highest BCUT2D eigenvalue weighted by atomic mass is 16.5. The molecule has 32 heavy (non-hydrogen) atoms. The first-order valence-electron chi connectivity index (χ1n) is 10.2. The molecule has 2 amide bonds. The van der Waals surface area contributed by atoms with Crippen LogP contribution in [0.4, 0.5) is 0 Å². The minimum atomic E-state index is -0.619. The molecule has 2 heterocycles. The molecule has 0 fully saturated rings. The molecule has 1 aromatic heterocycles. The summed E-state index contributed by atoms with van der Waals surface area (Å²) in [4.78, 5) is 43.5. The summed E-state index contributed by atoms with van der Waals surface area (Å²) in [5.41, 5.74) is 2.27. The lowest BCUT2D eigenvalue weighted by Crippen LogP contribution is -2.29. The van der Waals surface area contributed by atoms with Crippen molar-refractivity contribution in [1.29, 1.82) is 0 Å². The molecule has 4 rings (SSSR count). The summed E-state index contributed by atoms with van der Waals surface area (Å²) in [5.74, 6) is -0.0338. The minimum Gasteiger partial charge on any atom is -0.493 e. The van der Waals surface area contributed by atoms with E-state index in [1.807, 2.05) is 0 Å². The molecular formula is C24H22N2O6. The molecule has 0 aliphatic carbocycles. The average Bonchev–Trinajstić information content (AvgIpc) is 3.24. The van der Waals surface area contributed by atoms with Gasteiger partial charge in [-0.3, -0.25) is 14.5 Å². The lowest BCUT2D eigenvalue weighted by molar-refractivity contribution is 0.0432. The number of imide groups is 1. The Labute approximate surface area is 184 Å². The molecule has 3 aromatic rings. The number of ether oxygens (including phenoxy) is 2. The molecular weight excluding hydrogens is 412 g/mol. The first-order valence-corrected chi connectivity index (χ1v) is 10.2. The topological polar surface area (TPSA) is 98.9 Å². The molecule has 0 saturated heterocycles. The van der Waals surface area contributed by atoms with Crippen molar-refractivity contribution in [2.75, 3.05) is 6.61 Å². The van der Waals surface area contributed by atoms with Crippen molar-refractivity contribution < 1.29 is 28.3 Å². The van der Waals surface area contributed by atoms with Gasteiger partial charge in [-0.2, -0.15) is 0 Å². The summed E-state index contributed by atoms with van der Waals surface area (Å²) in [6, 6.07) is 11.6. The second kappa shape index (κ2) is 8.66. The first kappa shape index (κ1) is 21.3. The number of carbonyl (C=O) groups is 3. The monoisotopic (exact) mass is 434 g/mol. The predicted octanol–water partition coefficient (Wildman–Crippen LogP) is 3.84. The Morgan fingerprint density at radius 3 is 2.34 bits per heavy atom. The van der Waals surface area contributed by atoms with Crippen molar-refractivity contribution in [2.45, 2.75) is 33.9 Å². The first-order chi connectivity index (χ1) is 15.4. The highest BCUT2D eigenvalue weighted by Crippen LogP contribution is 2.27. The number of carbonyl (C=O) groups excluding carboxylic acids is 3. The Morgan fingerprint density at radius 1 is 1.06 bits per heavy atom. The van der Waals surface area contributed by atoms with Gasteiger partial charge in [-0.25, -0.2) is 9.78 Å². The van der Waals surface area contributed by atoms with E-state index in [4.69, 9.17) is 13.9 Å². The van der Waals surface area contributed by atoms with Crippen LogP contribution in [0.3, 0.4) is 0 Å². The lowest BCUT2D eigenvalue weighted by atomic mass is 10.1. The molecule has 8 nitrogen and oxygen atoms in total. The van der Waals surface area contributed by atoms with E-state index in [1.54, 1.807) is 63.2 Å². The molecule has 0 radical (unpaired) electrons. The summed E-state index contributed by atoms with van der Waals surface area (Å²) < 4.78 is 16.4. The van der Waals surface area contributed by atoms with E-state index in [-0.39, 0.29) is 30.5 Å². The van der Waals surface area contributed by atoms with E-state index < -0.39 is 5.97 Å². The van der Waals surface area contributed by atoms with Gasteiger partial charge in [-0.05, 0) is 50.6 Å². The zero-order valence-corrected chi connectivity index (χ0v) is 18.0. The van der Waals surface area contributed by atoms with Crippen molar-refractivity contribution in [1.82, 2.24) is 9.88 Å². The van der Waals surface area contributed by atoms with Crippen molar-refractivity contribution in [3.05, 3.63) is 82.1 Å². The Hall–Kier alpha value is -3.94. The van der Waals surface area contributed by atoms with Crippen LogP contribution in [0.2, 0.25) is 0 Å². The van der Waals surface area contributed by atoms with E-state index >= 15 is 0 Å². The number of aryl methyl sites for hydroxylation is 2. The van der Waals surface area contributed by atoms with E-state index in [1.165, 1.54) is 0 Å². The fourth-order valence-electron chi connectivity index (χ4n) is 3.49. The second-order valence-electron chi connectivity index (χ2n) is 7.33. The fourth-order valence-corrected chi connectivity index (χ4v) is 3.49. The maximum absolute atomic E-state index is 12.8. The van der Waals surface area contributed by atoms with Gasteiger partial charge in [0.25, 0.3) is 11.8 Å². The summed E-state index contributed by atoms with van der Waals surface area (Å²) in [6.45, 7) is 5.65. The fraction of sp³-hybridized carbons (Fsp3) is 0.250. The number of esters is 1. The van der Waals surface area contributed by atoms with Crippen LogP contribution < -0.4 is 4.74 Å². The van der Waals surface area contributed by atoms with Gasteiger partial charge in [0, 0.05) is 0 Å². The summed E-state index contributed by atoms with van der Waals surface area (Å²) in [6.07, 6.45) is 0. The van der Waals surface area contributed by atoms with Gasteiger partial charge in [-0.1, -0.05) is 18.2 Å². The molecule has 1 aliphatic heterocycles. The van der Waals surface area contributed by atoms with Crippen LogP contribution in [0.25, 0.3) is 0 Å². The summed E-state index contributed by atoms with van der Waals surface area (Å²) in [5, 5.41) is 0. The number of fused-ring (bicyclic) bond motifs is 1. The van der Waals surface area contributed by atoms with Gasteiger partial charge >= 0.3 is 5.97 Å². The van der Waals surface area contributed by atoms with Crippen LogP contribution in [0.5, 0.6) is 5.75 Å². The number of oxazole rings is 1. The molecule has 0 N–H and O–H groups in total. The quantitative estimate of drug-likeness (QED) is 0.411. The van der Waals surface area contributed by atoms with Crippen LogP contribution in [-0.4, -0.2) is 34.3 Å². The van der Waals surface area contributed by atoms with Crippen LogP contribution >= 0.6 is 0 Å². The average molecular weight is 434 g/mol. The number of benzene rings is 2. The molecule has 0 bridgehead atoms. The van der Waals surface area contributed by atoms with Gasteiger partial charge in [0.2, 0.25) is 5.89 Å². The van der Waals surface area contributed by atoms with Gasteiger partial charge in [0.1, 0.15) is 17.1 Å². The number of hydrogen-bond donors (Lipinski definition) is 0. The minimum absolute atomic E-state index is 0.0250. The molecule has 8 heteroatoms. The van der Waals surface area contributed by atoms with Gasteiger partial charge in [0.15, 0.2) is 6.61 Å². The zero-order chi connectivity index (χ0) is 22.8. The highest BCUT2D eigenvalue weighted by molar-refractivity contribution is 6.21. The molecule has 0 saturated carbocycles. The van der Waals surface area contributed by atoms with E-state index in [0.29, 0.717) is 40.7 Å². The molecule has 1 aliphatic rings. The predicted molar refractivity (Wildman–Crippen MR) is 113 cm³/mol. The third-order valence-electron chi connectivity index (χ3n) is 5.18. The van der Waals surface area contributed by atoms with Crippen LogP contribution in [0.1, 0.15) is 60.9 Å². The van der Waals surface area contributed by atoms with E-state index in [9.17, 15) is 14.4 Å². The second-order valence-corrected chi connectivity index (χ2v) is 7.33. The van der Waals surface area contributed by atoms with E-state index in [0.717, 1.165) is 10.6 Å². The van der Waals surface area contributed by atoms with Gasteiger partial charge in [-0.15, -0.1) is 0 Å². The Kier molecular flexibility index (Phi) is 5.77. The van der Waals surface area contributed by atoms with Crippen LogP contribution in [0, 0.1) is 13.8 Å². The van der Waals surface area contributed by atoms with Crippen molar-refractivity contribution in [3.63, 3.8) is 0 Å². The van der Waals surface area contributed by atoms with Crippen molar-refractivity contribution in [3.8, 4) is 5.75 Å². The largest absolute Gasteiger partial charge is 0.493 e. The lowest BCUT2D eigenvalue weighted by Gasteiger charge is -2.16. The number of hydrogen-bond acceptors (Lipinski definition) is 7. The number of nitrogens with zero attached hydrogens (tertiary/aromatic N) is 2. The molecule has 0 spiro atoms. The van der Waals surface area contributed by atoms with Gasteiger partial charge in [0.05, 0.1) is 30.0 Å². The summed E-state index contributed by atoms with van der Waals surface area (Å²) in [7, 11) is 0. The third kappa shape index (κ3) is 3.99. The number of rotatable bonds is 7. The Balaban J connectivity index is 1.54. The van der Waals surface area contributed by atoms with Crippen LogP contribution in [-0.2, 0) is 17.9 Å². The SMILES string of the molecule is CCOc1ccc(CN2C(=O)c3ccccc3C2=O)cc1C(=O)OCc1nc(C)c(C)o1. The Morgan fingerprint density at radius 2 is 1.75 bits per heavy atom. The van der Waals surface area contributed by atoms with Gasteiger partial charge < -0.3 is 13.9 Å². The molecule has 2 aromatic carbocycles. The summed E-state index contributed by atoms with van der Waals surface area (Å²) >= 11 is 0. The normalized spacial score (nSPS) is 12.8. The number of aromatic nitrogens is 1. The Bertz CT molecular complexity index is 1160. The molecule has 0 unspecified atom stereocenters. The maximum Gasteiger partial charge on any atom is 0.342 e. The third-order valence-corrected chi connectivity index (χ3v) is 5.18. The standard InChI is InChI=1S/C24H22N2O6/c1-4-30-20-10-9-16(12-26-22(27)17-7-5-6-8-18(17)23(26)28)11-19(20)24(29)31-13-21-25-14(2)15(3)32-21/h5-11H,4,12-13H2,1-3H3. The van der Waals surface area contributed by atoms with Crippen molar-refractivity contribution in [2.24, 2.45) is 0 Å². The van der Waals surface area contributed by atoms with E-state index in [2.05, 4.69) is 4.98 Å². The number of amides is 2. The highest BCUT2D eigenvalue weighted by Gasteiger charge is 2.35. The maximum atomic E-state index is 12.8. The van der Waals surface area contributed by atoms with Crippen LogP contribution in [0.15, 0.2) is 46.9 Å². The smallest absolute Gasteiger partial charge is 0.342 e. The zero-order valence-electron chi connectivity index (χ0n) is 18.0.